The maximum Gasteiger partial charge on any atom is 0.135 e. The number of hydrogen-bond acceptors (Lipinski definition) is 3. The van der Waals surface area contributed by atoms with E-state index < -0.39 is 0 Å². The summed E-state index contributed by atoms with van der Waals surface area (Å²) in [5, 5.41) is 0.954. The van der Waals surface area contributed by atoms with Crippen LogP contribution in [-0.2, 0) is 6.54 Å². The van der Waals surface area contributed by atoms with Gasteiger partial charge in [0.05, 0.1) is 0 Å². The summed E-state index contributed by atoms with van der Waals surface area (Å²) in [5.74, 6) is 0.600. The quantitative estimate of drug-likeness (QED) is 0.842. The zero-order valence-electron chi connectivity index (χ0n) is 12.0. The second-order valence-electron chi connectivity index (χ2n) is 5.49. The Hall–Kier alpha value is -0.350. The maximum atomic E-state index is 6.19. The summed E-state index contributed by atoms with van der Waals surface area (Å²) in [4.78, 5) is 6.60. The van der Waals surface area contributed by atoms with Crippen molar-refractivity contribution < 1.29 is 0 Å². The van der Waals surface area contributed by atoms with Gasteiger partial charge in [0.1, 0.15) is 10.3 Å². The van der Waals surface area contributed by atoms with Crippen molar-refractivity contribution in [3.05, 3.63) is 28.0 Å². The summed E-state index contributed by atoms with van der Waals surface area (Å²) in [5.41, 5.74) is 6.99. The van der Waals surface area contributed by atoms with Crippen molar-refractivity contribution in [2.24, 2.45) is 11.7 Å². The van der Waals surface area contributed by atoms with Crippen molar-refractivity contribution in [1.29, 1.82) is 0 Å². The van der Waals surface area contributed by atoms with E-state index >= 15 is 0 Å². The molecule has 1 saturated carbocycles. The molecular formula is C15H23Cl2N3. The van der Waals surface area contributed by atoms with Gasteiger partial charge in [0.25, 0.3) is 0 Å². The SMILES string of the molecule is CCN(Cc1ccc(Cl)nc1Cl)C1CCCCC1CN. The lowest BCUT2D eigenvalue weighted by Gasteiger charge is -2.39. The van der Waals surface area contributed by atoms with E-state index in [4.69, 9.17) is 28.9 Å². The molecule has 1 aromatic rings. The number of rotatable bonds is 5. The fourth-order valence-corrected chi connectivity index (χ4v) is 3.59. The Morgan fingerprint density at radius 2 is 2.05 bits per heavy atom. The van der Waals surface area contributed by atoms with Gasteiger partial charge in [-0.15, -0.1) is 0 Å². The zero-order chi connectivity index (χ0) is 14.5. The highest BCUT2D eigenvalue weighted by atomic mass is 35.5. The van der Waals surface area contributed by atoms with Crippen LogP contribution in [0.5, 0.6) is 0 Å². The summed E-state index contributed by atoms with van der Waals surface area (Å²) in [6.45, 7) is 4.79. The van der Waals surface area contributed by atoms with Gasteiger partial charge in [0.15, 0.2) is 0 Å². The number of nitrogens with zero attached hydrogens (tertiary/aromatic N) is 2. The van der Waals surface area contributed by atoms with E-state index in [0.717, 1.165) is 25.2 Å². The third-order valence-electron chi connectivity index (χ3n) is 4.31. The molecule has 1 heterocycles. The second kappa shape index (κ2) is 7.60. The summed E-state index contributed by atoms with van der Waals surface area (Å²) >= 11 is 12.0. The van der Waals surface area contributed by atoms with Crippen molar-refractivity contribution >= 4 is 23.2 Å². The minimum atomic E-state index is 0.444. The molecule has 1 aromatic heterocycles. The summed E-state index contributed by atoms with van der Waals surface area (Å²) in [6, 6.07) is 4.34. The number of hydrogen-bond donors (Lipinski definition) is 1. The Balaban J connectivity index is 2.11. The standard InChI is InChI=1S/C15H23Cl2N3/c1-2-20(13-6-4-3-5-11(13)9-18)10-12-7-8-14(16)19-15(12)17/h7-8,11,13H,2-6,9-10,18H2,1H3. The second-order valence-corrected chi connectivity index (χ2v) is 6.24. The van der Waals surface area contributed by atoms with Crippen LogP contribution in [0.3, 0.4) is 0 Å². The van der Waals surface area contributed by atoms with Crippen LogP contribution in [0.2, 0.25) is 10.3 Å². The van der Waals surface area contributed by atoms with Crippen LogP contribution in [0.4, 0.5) is 0 Å². The van der Waals surface area contributed by atoms with Gasteiger partial charge in [0, 0.05) is 18.2 Å². The molecule has 2 rings (SSSR count). The zero-order valence-corrected chi connectivity index (χ0v) is 13.5. The molecule has 1 aliphatic rings. The van der Waals surface area contributed by atoms with Crippen LogP contribution in [0.15, 0.2) is 12.1 Å². The average Bonchev–Trinajstić information content (AvgIpc) is 2.46. The van der Waals surface area contributed by atoms with E-state index in [1.165, 1.54) is 25.7 Å². The molecule has 5 heteroatoms. The molecule has 0 amide bonds. The molecule has 0 saturated heterocycles. The van der Waals surface area contributed by atoms with Gasteiger partial charge in [0.2, 0.25) is 0 Å². The summed E-state index contributed by atoms with van der Waals surface area (Å²) in [6.07, 6.45) is 5.07. The summed E-state index contributed by atoms with van der Waals surface area (Å²) in [7, 11) is 0. The van der Waals surface area contributed by atoms with Gasteiger partial charge < -0.3 is 5.73 Å². The van der Waals surface area contributed by atoms with Gasteiger partial charge in [-0.2, -0.15) is 0 Å². The van der Waals surface area contributed by atoms with E-state index in [9.17, 15) is 0 Å². The monoisotopic (exact) mass is 315 g/mol. The first-order chi connectivity index (χ1) is 9.65. The van der Waals surface area contributed by atoms with E-state index in [-0.39, 0.29) is 0 Å². The highest BCUT2D eigenvalue weighted by molar-refractivity contribution is 6.32. The highest BCUT2D eigenvalue weighted by Gasteiger charge is 2.28. The van der Waals surface area contributed by atoms with Crippen molar-refractivity contribution in [2.45, 2.75) is 45.2 Å². The molecule has 0 aliphatic heterocycles. The lowest BCUT2D eigenvalue weighted by Crippen LogP contribution is -2.44. The van der Waals surface area contributed by atoms with E-state index in [0.29, 0.717) is 22.3 Å². The lowest BCUT2D eigenvalue weighted by molar-refractivity contribution is 0.105. The minimum absolute atomic E-state index is 0.444. The minimum Gasteiger partial charge on any atom is -0.330 e. The number of pyridine rings is 1. The van der Waals surface area contributed by atoms with Gasteiger partial charge in [-0.1, -0.05) is 49.0 Å². The van der Waals surface area contributed by atoms with Crippen LogP contribution in [0, 0.1) is 5.92 Å². The molecule has 2 N–H and O–H groups in total. The molecule has 0 bridgehead atoms. The first-order valence-corrected chi connectivity index (χ1v) is 8.16. The predicted molar refractivity (Wildman–Crippen MR) is 85.1 cm³/mol. The van der Waals surface area contributed by atoms with Crippen molar-refractivity contribution in [3.8, 4) is 0 Å². The van der Waals surface area contributed by atoms with Crippen molar-refractivity contribution in [1.82, 2.24) is 9.88 Å². The molecule has 20 heavy (non-hydrogen) atoms. The molecule has 0 radical (unpaired) electrons. The van der Waals surface area contributed by atoms with Crippen LogP contribution < -0.4 is 5.73 Å². The van der Waals surface area contributed by atoms with Gasteiger partial charge >= 0.3 is 0 Å². The Labute approximate surface area is 131 Å². The first-order valence-electron chi connectivity index (χ1n) is 7.40. The molecule has 2 atom stereocenters. The fraction of sp³-hybridized carbons (Fsp3) is 0.667. The molecular weight excluding hydrogens is 293 g/mol. The third-order valence-corrected chi connectivity index (χ3v) is 4.85. The number of halogens is 2. The third kappa shape index (κ3) is 3.85. The molecule has 2 unspecified atom stereocenters. The van der Waals surface area contributed by atoms with Crippen molar-refractivity contribution in [2.75, 3.05) is 13.1 Å². The number of nitrogens with two attached hydrogens (primary N) is 1. The Morgan fingerprint density at radius 1 is 1.30 bits per heavy atom. The molecule has 0 spiro atoms. The predicted octanol–water partition coefficient (Wildman–Crippen LogP) is 3.73. The molecule has 112 valence electrons. The van der Waals surface area contributed by atoms with Crippen molar-refractivity contribution in [3.63, 3.8) is 0 Å². The largest absolute Gasteiger partial charge is 0.330 e. The summed E-state index contributed by atoms with van der Waals surface area (Å²) < 4.78 is 0. The Kier molecular flexibility index (Phi) is 6.09. The number of aromatic nitrogens is 1. The highest BCUT2D eigenvalue weighted by Crippen LogP contribution is 2.29. The maximum absolute atomic E-state index is 6.19. The molecule has 0 aromatic carbocycles. The molecule has 3 nitrogen and oxygen atoms in total. The molecule has 1 fully saturated rings. The van der Waals surface area contributed by atoms with Gasteiger partial charge in [-0.3, -0.25) is 4.90 Å². The Morgan fingerprint density at radius 3 is 2.70 bits per heavy atom. The van der Waals surface area contributed by atoms with E-state index in [2.05, 4.69) is 16.8 Å². The van der Waals surface area contributed by atoms with E-state index in [1.807, 2.05) is 6.07 Å². The van der Waals surface area contributed by atoms with Crippen LogP contribution in [0.25, 0.3) is 0 Å². The molecule has 1 aliphatic carbocycles. The van der Waals surface area contributed by atoms with Gasteiger partial charge in [-0.05, 0) is 37.9 Å². The first kappa shape index (κ1) is 16.0. The lowest BCUT2D eigenvalue weighted by atomic mass is 9.83. The fourth-order valence-electron chi connectivity index (χ4n) is 3.19. The average molecular weight is 316 g/mol. The van der Waals surface area contributed by atoms with Crippen LogP contribution >= 0.6 is 23.2 Å². The van der Waals surface area contributed by atoms with Crippen LogP contribution in [-0.4, -0.2) is 29.0 Å². The van der Waals surface area contributed by atoms with Crippen LogP contribution in [0.1, 0.15) is 38.2 Å². The normalized spacial score (nSPS) is 23.2. The Bertz CT molecular complexity index is 439. The van der Waals surface area contributed by atoms with E-state index in [1.54, 1.807) is 6.07 Å². The van der Waals surface area contributed by atoms with Gasteiger partial charge in [-0.25, -0.2) is 4.98 Å². The smallest absolute Gasteiger partial charge is 0.135 e. The topological polar surface area (TPSA) is 42.2 Å².